The van der Waals surface area contributed by atoms with Crippen molar-refractivity contribution in [3.05, 3.63) is 106 Å². The molecule has 0 unspecified atom stereocenters. The topological polar surface area (TPSA) is 224 Å². The number of anilines is 2. The molecule has 18 nitrogen and oxygen atoms in total. The van der Waals surface area contributed by atoms with Crippen LogP contribution in [0.1, 0.15) is 86.6 Å². The summed E-state index contributed by atoms with van der Waals surface area (Å²) in [5.74, 6) is -0.109. The number of nitrogens with zero attached hydrogens (tertiary/aromatic N) is 10. The molecule has 442 valence electrons. The standard InChI is InChI=1S/C24H26Cl2N6O.C21H23Cl2N5O2.C8H13NO2.C2HF3O.C2H6/c1-30(17-8-9-17)11-2-3-19(33)31-12-10-18(13-31)32-22(26)20(15-4-6-16(25)7-5-15)21-23(27)28-14-29-24(21)32;1-21(2,3)30-20(29)27-9-8-14(10-27)28-17(23)15(12-4-6-13(22)7-5-12)16-18(24)25-11-26-19(16)28;1-9(7-4-5-7)6-2-3-8(10)11;3-2(4,5)1-6;1-2/h2-7,14,17-18H,8-13H2,1H3,(H2,27,28,29);4-7,11,14H,8-10H2,1-3H3,(H2,24,25,26);2-3,7H,4-6H2,1H3,(H,10,11);1H;1-2H3/b3-2+;;3-2+;;/t18-;14-;;;/m11.../s1/i;;;;1D. The molecule has 25 heteroatoms. The first kappa shape index (κ1) is 63.1. The van der Waals surface area contributed by atoms with Crippen LogP contribution in [0.2, 0.25) is 20.4 Å². The van der Waals surface area contributed by atoms with Crippen molar-refractivity contribution in [1.82, 2.24) is 48.7 Å². The van der Waals surface area contributed by atoms with E-state index in [2.05, 4.69) is 36.8 Å². The maximum absolute atomic E-state index is 12.8. The number of carboxylic acid groups (broad SMARTS) is 1. The number of carbonyl (C=O) groups is 4. The molecule has 2 aliphatic carbocycles. The van der Waals surface area contributed by atoms with Crippen LogP contribution in [0.25, 0.3) is 44.3 Å². The SMILES string of the molecule is CC(C)(C)OC(=O)N1CC[C@@H](n2c(Cl)c(-c3ccc(Cl)cc3)c3c(N)ncnc32)C1.CN(C/C=C/C(=O)N1CC[C@@H](n2c(Cl)c(-c3ccc(Cl)cc3)c3c(N)ncnc32)C1)C1CC1.CN(C/C=C/C(=O)O)C1CC1.O=CC(F)(F)F.[2H]CC. The molecule has 0 bridgehead atoms. The lowest BCUT2D eigenvalue weighted by Gasteiger charge is -2.24. The summed E-state index contributed by atoms with van der Waals surface area (Å²) in [6.07, 6.45) is 9.92. The van der Waals surface area contributed by atoms with Crippen LogP contribution in [0.4, 0.5) is 29.6 Å². The number of aliphatic carboxylic acids is 1. The van der Waals surface area contributed by atoms with Crippen molar-refractivity contribution < 1.29 is 43.6 Å². The monoisotopic (exact) mass is 1220 g/mol. The molecule has 6 aromatic rings. The van der Waals surface area contributed by atoms with Crippen LogP contribution in [0, 0.1) is 0 Å². The van der Waals surface area contributed by atoms with Gasteiger partial charge in [0.05, 0.1) is 22.9 Å². The van der Waals surface area contributed by atoms with Crippen molar-refractivity contribution in [2.45, 2.75) is 109 Å². The number of benzene rings is 2. The number of aldehydes is 1. The number of ether oxygens (including phenoxy) is 1. The van der Waals surface area contributed by atoms with Crippen molar-refractivity contribution in [3.8, 4) is 22.3 Å². The summed E-state index contributed by atoms with van der Waals surface area (Å²) in [5, 5.41) is 12.0. The van der Waals surface area contributed by atoms with Gasteiger partial charge in [0.2, 0.25) is 12.2 Å². The molecular weight excluding hydrogens is 1150 g/mol. The third-order valence-corrected chi connectivity index (χ3v) is 14.8. The maximum atomic E-state index is 12.8. The molecule has 2 saturated carbocycles. The predicted octanol–water partition coefficient (Wildman–Crippen LogP) is 12.1. The lowest BCUT2D eigenvalue weighted by molar-refractivity contribution is -0.156. The highest BCUT2D eigenvalue weighted by atomic mass is 35.5. The van der Waals surface area contributed by atoms with Crippen molar-refractivity contribution in [3.63, 3.8) is 0 Å². The number of alkyl halides is 3. The Bertz CT molecular complexity index is 3260. The average molecular weight is 1220 g/mol. The van der Waals surface area contributed by atoms with Gasteiger partial charge in [0.15, 0.2) is 0 Å². The van der Waals surface area contributed by atoms with Crippen molar-refractivity contribution in [2.75, 3.05) is 64.8 Å². The predicted molar refractivity (Wildman–Crippen MR) is 317 cm³/mol. The van der Waals surface area contributed by atoms with Crippen molar-refractivity contribution >= 4 is 104 Å². The first-order valence-electron chi connectivity index (χ1n) is 27.1. The minimum absolute atomic E-state index is 0.00170. The van der Waals surface area contributed by atoms with Gasteiger partial charge in [0, 0.05) is 86.0 Å². The van der Waals surface area contributed by atoms with Gasteiger partial charge in [0.25, 0.3) is 0 Å². The average Bonchev–Trinajstić information content (AvgIpc) is 4.41. The van der Waals surface area contributed by atoms with Gasteiger partial charge in [-0.25, -0.2) is 29.5 Å². The molecule has 0 spiro atoms. The first-order chi connectivity index (χ1) is 39.3. The van der Waals surface area contributed by atoms with Crippen molar-refractivity contribution in [2.24, 2.45) is 0 Å². The Kier molecular flexibility index (Phi) is 22.1. The first-order valence-corrected chi connectivity index (χ1v) is 28.0. The fourth-order valence-corrected chi connectivity index (χ4v) is 10.5. The summed E-state index contributed by atoms with van der Waals surface area (Å²) in [6, 6.07) is 16.2. The maximum Gasteiger partial charge on any atom is 0.446 e. The minimum Gasteiger partial charge on any atom is -0.478 e. The quantitative estimate of drug-likeness (QED) is 0.0766. The number of nitrogen functional groups attached to an aromatic ring is 2. The Morgan fingerprint density at radius 1 is 0.707 bits per heavy atom. The summed E-state index contributed by atoms with van der Waals surface area (Å²) in [5.41, 5.74) is 16.6. The van der Waals surface area contributed by atoms with Gasteiger partial charge in [-0.15, -0.1) is 0 Å². The molecule has 2 saturated heterocycles. The molecule has 2 aromatic carbocycles. The lowest BCUT2D eigenvalue weighted by atomic mass is 10.1. The molecule has 10 rings (SSSR count). The number of likely N-dealkylation sites (tertiary alicyclic amines) is 2. The van der Waals surface area contributed by atoms with Crippen molar-refractivity contribution in [1.29, 1.82) is 0 Å². The van der Waals surface area contributed by atoms with Crippen LogP contribution < -0.4 is 11.5 Å². The van der Waals surface area contributed by atoms with E-state index in [1.54, 1.807) is 36.1 Å². The van der Waals surface area contributed by atoms with Crippen LogP contribution in [0.5, 0.6) is 0 Å². The van der Waals surface area contributed by atoms with Gasteiger partial charge in [-0.3, -0.25) is 19.4 Å². The zero-order valence-corrected chi connectivity index (χ0v) is 49.4. The molecule has 2 aliphatic heterocycles. The van der Waals surface area contributed by atoms with E-state index in [0.29, 0.717) is 93.8 Å². The van der Waals surface area contributed by atoms with E-state index in [9.17, 15) is 27.6 Å². The fourth-order valence-electron chi connectivity index (χ4n) is 9.35. The highest BCUT2D eigenvalue weighted by Gasteiger charge is 2.36. The van der Waals surface area contributed by atoms with Gasteiger partial charge in [-0.2, -0.15) is 13.2 Å². The third kappa shape index (κ3) is 17.3. The second-order valence-corrected chi connectivity index (χ2v) is 22.3. The highest BCUT2D eigenvalue weighted by Crippen LogP contribution is 2.45. The van der Waals surface area contributed by atoms with Crippen LogP contribution in [0.15, 0.2) is 85.5 Å². The van der Waals surface area contributed by atoms with Crippen LogP contribution in [-0.4, -0.2) is 155 Å². The van der Waals surface area contributed by atoms with Gasteiger partial charge < -0.3 is 40.2 Å². The third-order valence-electron chi connectivity index (χ3n) is 13.6. The van der Waals surface area contributed by atoms with E-state index < -0.39 is 24.0 Å². The molecule has 5 N–H and O–H groups in total. The molecule has 2 amide bonds. The number of halogens is 7. The van der Waals surface area contributed by atoms with Gasteiger partial charge in [0.1, 0.15) is 51.5 Å². The van der Waals surface area contributed by atoms with E-state index >= 15 is 0 Å². The highest BCUT2D eigenvalue weighted by molar-refractivity contribution is 6.36. The smallest absolute Gasteiger partial charge is 0.446 e. The Hall–Kier alpha value is -6.49. The molecule has 4 fully saturated rings. The summed E-state index contributed by atoms with van der Waals surface area (Å²) < 4.78 is 46.9. The number of rotatable bonds is 12. The molecule has 4 aliphatic rings. The minimum atomic E-state index is -4.64. The fraction of sp³-hybridized carbons (Fsp3) is 0.439. The molecule has 82 heavy (non-hydrogen) atoms. The Morgan fingerprint density at radius 2 is 1.10 bits per heavy atom. The number of nitrogens with two attached hydrogens (primary N) is 2. The molecule has 0 radical (unpaired) electrons. The summed E-state index contributed by atoms with van der Waals surface area (Å²) in [7, 11) is 4.12. The second-order valence-electron chi connectivity index (χ2n) is 20.7. The Morgan fingerprint density at radius 3 is 1.48 bits per heavy atom. The number of aromatic nitrogens is 6. The number of carboxylic acids is 1. The summed E-state index contributed by atoms with van der Waals surface area (Å²) in [4.78, 5) is 69.4. The van der Waals surface area contributed by atoms with Crippen LogP contribution >= 0.6 is 46.4 Å². The summed E-state index contributed by atoms with van der Waals surface area (Å²) in [6.45, 7) is 11.7. The zero-order valence-electron chi connectivity index (χ0n) is 47.4. The number of amides is 2. The lowest BCUT2D eigenvalue weighted by Crippen LogP contribution is -2.35. The number of fused-ring (bicyclic) bond motifs is 2. The molecule has 4 aromatic heterocycles. The summed E-state index contributed by atoms with van der Waals surface area (Å²) >= 11 is 26.0. The molecule has 6 heterocycles. The Labute approximate surface area is 496 Å². The normalized spacial score (nSPS) is 17.2. The molecular formula is C57H69Cl4F3N12O6. The number of hydrogen-bond donors (Lipinski definition) is 3. The van der Waals surface area contributed by atoms with E-state index in [-0.39, 0.29) is 24.1 Å². The van der Waals surface area contributed by atoms with E-state index in [0.717, 1.165) is 53.6 Å². The van der Waals surface area contributed by atoms with Gasteiger partial charge in [-0.1, -0.05) is 96.6 Å². The van der Waals surface area contributed by atoms with Gasteiger partial charge in [-0.05, 0) is 109 Å². The second kappa shape index (κ2) is 28.7. The molecule has 2 atom stereocenters. The number of likely N-dealkylation sites (N-methyl/N-ethyl adjacent to an activating group) is 2. The Balaban J connectivity index is 0.000000202. The van der Waals surface area contributed by atoms with Crippen LogP contribution in [0.3, 0.4) is 0 Å². The van der Waals surface area contributed by atoms with E-state index in [4.69, 9.17) is 73.9 Å². The van der Waals surface area contributed by atoms with Gasteiger partial charge >= 0.3 is 18.2 Å². The zero-order chi connectivity index (χ0) is 60.9. The van der Waals surface area contributed by atoms with E-state index in [1.807, 2.05) is 84.3 Å². The number of hydrogen-bond acceptors (Lipinski definition) is 13. The largest absolute Gasteiger partial charge is 0.478 e. The number of carbonyl (C=O) groups excluding carboxylic acids is 3. The van der Waals surface area contributed by atoms with Crippen LogP contribution in [-0.2, 0) is 19.1 Å². The van der Waals surface area contributed by atoms with E-state index in [1.165, 1.54) is 44.4 Å².